The number of para-hydroxylation sites is 1. The van der Waals surface area contributed by atoms with E-state index in [-0.39, 0.29) is 5.41 Å². The lowest BCUT2D eigenvalue weighted by Gasteiger charge is -2.28. The summed E-state index contributed by atoms with van der Waals surface area (Å²) in [6.07, 6.45) is 10.0. The van der Waals surface area contributed by atoms with Crippen LogP contribution in [0.25, 0.3) is 0 Å². The molecule has 0 saturated carbocycles. The molecule has 1 nitrogen and oxygen atoms in total. The zero-order valence-electron chi connectivity index (χ0n) is 16.2. The smallest absolute Gasteiger partial charge is 0.118 e. The maximum Gasteiger partial charge on any atom is 0.118 e. The molecule has 0 spiro atoms. The Hall–Kier alpha value is -1.76. The van der Waals surface area contributed by atoms with Gasteiger partial charge in [0.05, 0.1) is 0 Å². The molecule has 1 heteroatoms. The van der Waals surface area contributed by atoms with Crippen molar-refractivity contribution in [2.24, 2.45) is 0 Å². The first-order valence-electron chi connectivity index (χ1n) is 9.90. The van der Waals surface area contributed by atoms with Gasteiger partial charge >= 0.3 is 0 Å². The van der Waals surface area contributed by atoms with Crippen LogP contribution in [0, 0.1) is 0 Å². The highest BCUT2D eigenvalue weighted by atomic mass is 16.3. The number of rotatable bonds is 10. The van der Waals surface area contributed by atoms with E-state index in [1.165, 1.54) is 49.7 Å². The van der Waals surface area contributed by atoms with Gasteiger partial charge in [-0.25, -0.2) is 0 Å². The van der Waals surface area contributed by atoms with Crippen LogP contribution in [0.5, 0.6) is 5.75 Å². The first kappa shape index (κ1) is 19.6. The highest BCUT2D eigenvalue weighted by Gasteiger charge is 2.24. The van der Waals surface area contributed by atoms with Crippen LogP contribution in [0.4, 0.5) is 0 Å². The zero-order chi connectivity index (χ0) is 18.1. The summed E-state index contributed by atoms with van der Waals surface area (Å²) in [6, 6.07) is 16.6. The summed E-state index contributed by atoms with van der Waals surface area (Å²) in [7, 11) is 0. The summed E-state index contributed by atoms with van der Waals surface area (Å²) in [5.41, 5.74) is 3.93. The Labute approximate surface area is 154 Å². The van der Waals surface area contributed by atoms with Crippen molar-refractivity contribution in [2.45, 2.75) is 77.6 Å². The molecular formula is C24H34O. The van der Waals surface area contributed by atoms with Gasteiger partial charge in [-0.05, 0) is 47.4 Å². The second-order valence-corrected chi connectivity index (χ2v) is 7.86. The average molecular weight is 339 g/mol. The molecular weight excluding hydrogens is 304 g/mol. The van der Waals surface area contributed by atoms with Gasteiger partial charge in [-0.1, -0.05) is 95.3 Å². The molecule has 0 aliphatic heterocycles. The fourth-order valence-corrected chi connectivity index (χ4v) is 3.73. The van der Waals surface area contributed by atoms with Crippen molar-refractivity contribution in [3.63, 3.8) is 0 Å². The molecule has 2 aromatic carbocycles. The molecule has 0 aliphatic rings. The molecule has 0 saturated heterocycles. The maximum atomic E-state index is 10.1. The van der Waals surface area contributed by atoms with Gasteiger partial charge in [-0.15, -0.1) is 0 Å². The summed E-state index contributed by atoms with van der Waals surface area (Å²) in [4.78, 5) is 0. The number of hydrogen-bond acceptors (Lipinski definition) is 1. The summed E-state index contributed by atoms with van der Waals surface area (Å²) < 4.78 is 0. The number of unbranched alkanes of at least 4 members (excludes halogenated alkanes) is 5. The van der Waals surface area contributed by atoms with Crippen molar-refractivity contribution in [3.8, 4) is 5.75 Å². The van der Waals surface area contributed by atoms with Crippen molar-refractivity contribution in [3.05, 3.63) is 65.2 Å². The Balaban J connectivity index is 2.03. The summed E-state index contributed by atoms with van der Waals surface area (Å²) in [5.74, 6) is 0.406. The molecule has 0 heterocycles. The van der Waals surface area contributed by atoms with Gasteiger partial charge in [0.2, 0.25) is 0 Å². The van der Waals surface area contributed by atoms with Crippen LogP contribution < -0.4 is 0 Å². The van der Waals surface area contributed by atoms with E-state index in [1.807, 2.05) is 18.2 Å². The van der Waals surface area contributed by atoms with Crippen LogP contribution in [-0.2, 0) is 18.3 Å². The van der Waals surface area contributed by atoms with Gasteiger partial charge in [0.25, 0.3) is 0 Å². The maximum absolute atomic E-state index is 10.1. The van der Waals surface area contributed by atoms with Crippen molar-refractivity contribution >= 4 is 0 Å². The van der Waals surface area contributed by atoms with E-state index in [9.17, 15) is 5.11 Å². The SMILES string of the molecule is CCCCCCCCc1ccccc1C(C)(C)Cc1ccccc1O. The van der Waals surface area contributed by atoms with Crippen molar-refractivity contribution in [1.29, 1.82) is 0 Å². The van der Waals surface area contributed by atoms with Gasteiger partial charge < -0.3 is 5.11 Å². The van der Waals surface area contributed by atoms with Crippen LogP contribution in [0.3, 0.4) is 0 Å². The van der Waals surface area contributed by atoms with Gasteiger partial charge in [0.15, 0.2) is 0 Å². The Bertz CT molecular complexity index is 642. The van der Waals surface area contributed by atoms with Crippen LogP contribution in [0.2, 0.25) is 0 Å². The largest absolute Gasteiger partial charge is 0.508 e. The van der Waals surface area contributed by atoms with Crippen molar-refractivity contribution in [2.75, 3.05) is 0 Å². The van der Waals surface area contributed by atoms with Crippen LogP contribution in [0.15, 0.2) is 48.5 Å². The van der Waals surface area contributed by atoms with Crippen LogP contribution >= 0.6 is 0 Å². The molecule has 0 aromatic heterocycles. The van der Waals surface area contributed by atoms with Gasteiger partial charge in [0, 0.05) is 0 Å². The molecule has 2 rings (SSSR count). The molecule has 2 aromatic rings. The van der Waals surface area contributed by atoms with Gasteiger partial charge in [-0.3, -0.25) is 0 Å². The molecule has 0 atom stereocenters. The normalized spacial score (nSPS) is 11.6. The van der Waals surface area contributed by atoms with E-state index >= 15 is 0 Å². The molecule has 0 fully saturated rings. The number of phenols is 1. The van der Waals surface area contributed by atoms with Gasteiger partial charge in [0.1, 0.15) is 5.75 Å². The second kappa shape index (κ2) is 9.65. The molecule has 25 heavy (non-hydrogen) atoms. The Morgan fingerprint density at radius 1 is 0.760 bits per heavy atom. The van der Waals surface area contributed by atoms with Crippen molar-refractivity contribution < 1.29 is 5.11 Å². The first-order valence-corrected chi connectivity index (χ1v) is 9.90. The third kappa shape index (κ3) is 5.92. The topological polar surface area (TPSA) is 20.2 Å². The number of benzene rings is 2. The number of phenolic OH excluding ortho intramolecular Hbond substituents is 1. The van der Waals surface area contributed by atoms with E-state index in [2.05, 4.69) is 45.0 Å². The summed E-state index contributed by atoms with van der Waals surface area (Å²) in [5, 5.41) is 10.1. The highest BCUT2D eigenvalue weighted by molar-refractivity contribution is 5.39. The minimum atomic E-state index is 0.0115. The molecule has 0 unspecified atom stereocenters. The van der Waals surface area contributed by atoms with E-state index in [0.717, 1.165) is 18.4 Å². The molecule has 0 amide bonds. The third-order valence-electron chi connectivity index (χ3n) is 5.17. The molecule has 0 aliphatic carbocycles. The van der Waals surface area contributed by atoms with E-state index in [4.69, 9.17) is 0 Å². The predicted octanol–water partition coefficient (Wildman–Crippen LogP) is 6.82. The standard InChI is InChI=1S/C24H34O/c1-4-5-6-7-8-9-14-20-15-10-12-17-22(20)24(2,3)19-21-16-11-13-18-23(21)25/h10-13,15-18,25H,4-9,14,19H2,1-3H3. The summed E-state index contributed by atoms with van der Waals surface area (Å²) in [6.45, 7) is 6.85. The lowest BCUT2D eigenvalue weighted by atomic mass is 9.76. The monoisotopic (exact) mass is 338 g/mol. The van der Waals surface area contributed by atoms with E-state index in [1.54, 1.807) is 6.07 Å². The van der Waals surface area contributed by atoms with Crippen LogP contribution in [-0.4, -0.2) is 5.11 Å². The zero-order valence-corrected chi connectivity index (χ0v) is 16.2. The lowest BCUT2D eigenvalue weighted by molar-refractivity contribution is 0.449. The Kier molecular flexibility index (Phi) is 7.55. The number of hydrogen-bond donors (Lipinski definition) is 1. The minimum absolute atomic E-state index is 0.0115. The Morgan fingerprint density at radius 3 is 2.08 bits per heavy atom. The first-order chi connectivity index (χ1) is 12.0. The quantitative estimate of drug-likeness (QED) is 0.471. The molecule has 0 radical (unpaired) electrons. The molecule has 1 N–H and O–H groups in total. The fraction of sp³-hybridized carbons (Fsp3) is 0.500. The van der Waals surface area contributed by atoms with E-state index in [0.29, 0.717) is 5.75 Å². The third-order valence-corrected chi connectivity index (χ3v) is 5.17. The Morgan fingerprint density at radius 2 is 1.36 bits per heavy atom. The molecule has 0 bridgehead atoms. The average Bonchev–Trinajstić information content (AvgIpc) is 2.60. The van der Waals surface area contributed by atoms with Gasteiger partial charge in [-0.2, -0.15) is 0 Å². The fourth-order valence-electron chi connectivity index (χ4n) is 3.73. The predicted molar refractivity (Wildman–Crippen MR) is 108 cm³/mol. The number of aryl methyl sites for hydroxylation is 1. The number of aromatic hydroxyl groups is 1. The van der Waals surface area contributed by atoms with Crippen molar-refractivity contribution in [1.82, 2.24) is 0 Å². The van der Waals surface area contributed by atoms with Crippen LogP contribution in [0.1, 0.15) is 76.0 Å². The second-order valence-electron chi connectivity index (χ2n) is 7.86. The lowest BCUT2D eigenvalue weighted by Crippen LogP contribution is -2.22. The highest BCUT2D eigenvalue weighted by Crippen LogP contribution is 2.33. The summed E-state index contributed by atoms with van der Waals surface area (Å²) >= 11 is 0. The molecule has 136 valence electrons. The minimum Gasteiger partial charge on any atom is -0.508 e. The van der Waals surface area contributed by atoms with E-state index < -0.39 is 0 Å².